The summed E-state index contributed by atoms with van der Waals surface area (Å²) in [6.07, 6.45) is -5.60. The molecule has 3 rings (SSSR count). The Balaban J connectivity index is 1.82. The van der Waals surface area contributed by atoms with E-state index in [4.69, 9.17) is 0 Å². The highest BCUT2D eigenvalue weighted by Crippen LogP contribution is 2.39. The lowest BCUT2D eigenvalue weighted by Crippen LogP contribution is -2.46. The zero-order valence-electron chi connectivity index (χ0n) is 17.0. The first-order valence-electron chi connectivity index (χ1n) is 9.71. The topological polar surface area (TPSA) is 78.5 Å². The third-order valence-corrected chi connectivity index (χ3v) is 5.19. The zero-order valence-corrected chi connectivity index (χ0v) is 17.0. The largest absolute Gasteiger partial charge is 0.390 e. The van der Waals surface area contributed by atoms with Crippen LogP contribution in [0.5, 0.6) is 0 Å². The van der Waals surface area contributed by atoms with E-state index in [0.29, 0.717) is 11.3 Å². The Morgan fingerprint density at radius 1 is 1.03 bits per heavy atom. The molecule has 0 saturated heterocycles. The van der Waals surface area contributed by atoms with Gasteiger partial charge in [-0.3, -0.25) is 14.4 Å². The van der Waals surface area contributed by atoms with Crippen LogP contribution in [-0.2, 0) is 14.4 Å². The molecular weight excluding hydrogens is 411 g/mol. The SMILES string of the molecule is CC(C(=O)NCCC(F)(F)F)C(=O)NC1C(=O)N(C)c2ccccc2-c2ccccc21. The fourth-order valence-corrected chi connectivity index (χ4v) is 3.44. The third-order valence-electron chi connectivity index (χ3n) is 5.19. The fourth-order valence-electron chi connectivity index (χ4n) is 3.44. The molecule has 1 aliphatic rings. The first-order chi connectivity index (χ1) is 14.6. The van der Waals surface area contributed by atoms with Crippen LogP contribution in [0, 0.1) is 5.92 Å². The number of para-hydroxylation sites is 1. The molecule has 0 bridgehead atoms. The minimum atomic E-state index is -4.41. The fraction of sp³-hybridized carbons (Fsp3) is 0.318. The molecule has 0 fully saturated rings. The van der Waals surface area contributed by atoms with Crippen LogP contribution in [-0.4, -0.2) is 37.5 Å². The highest BCUT2D eigenvalue weighted by atomic mass is 19.4. The number of benzene rings is 2. The van der Waals surface area contributed by atoms with E-state index in [2.05, 4.69) is 10.6 Å². The smallest absolute Gasteiger partial charge is 0.355 e. The maximum atomic E-state index is 13.2. The van der Waals surface area contributed by atoms with Crippen molar-refractivity contribution >= 4 is 23.4 Å². The molecule has 2 aromatic rings. The van der Waals surface area contributed by atoms with Gasteiger partial charge in [-0.15, -0.1) is 0 Å². The van der Waals surface area contributed by atoms with Gasteiger partial charge in [0.1, 0.15) is 12.0 Å². The number of rotatable bonds is 5. The van der Waals surface area contributed by atoms with Gasteiger partial charge in [-0.25, -0.2) is 0 Å². The molecule has 1 heterocycles. The first kappa shape index (κ1) is 22.3. The Morgan fingerprint density at radius 3 is 2.32 bits per heavy atom. The summed E-state index contributed by atoms with van der Waals surface area (Å²) in [6, 6.07) is 13.4. The van der Waals surface area contributed by atoms with Crippen molar-refractivity contribution in [3.8, 4) is 11.1 Å². The minimum Gasteiger partial charge on any atom is -0.355 e. The third kappa shape index (κ3) is 4.87. The summed E-state index contributed by atoms with van der Waals surface area (Å²) in [5.41, 5.74) is 2.84. The van der Waals surface area contributed by atoms with E-state index >= 15 is 0 Å². The Labute approximate surface area is 177 Å². The molecule has 9 heteroatoms. The van der Waals surface area contributed by atoms with Crippen LogP contribution in [0.1, 0.15) is 24.9 Å². The molecule has 2 aromatic carbocycles. The van der Waals surface area contributed by atoms with Crippen molar-refractivity contribution in [3.05, 3.63) is 54.1 Å². The van der Waals surface area contributed by atoms with Crippen molar-refractivity contribution in [2.45, 2.75) is 25.6 Å². The van der Waals surface area contributed by atoms with E-state index in [-0.39, 0.29) is 0 Å². The number of fused-ring (bicyclic) bond motifs is 3. The number of nitrogens with zero attached hydrogens (tertiary/aromatic N) is 1. The molecule has 1 aliphatic heterocycles. The molecule has 0 spiro atoms. The van der Waals surface area contributed by atoms with E-state index in [1.54, 1.807) is 31.3 Å². The molecule has 2 unspecified atom stereocenters. The Kier molecular flexibility index (Phi) is 6.33. The van der Waals surface area contributed by atoms with E-state index in [1.807, 2.05) is 24.3 Å². The molecule has 0 saturated carbocycles. The van der Waals surface area contributed by atoms with Gasteiger partial charge in [-0.1, -0.05) is 42.5 Å². The number of amides is 3. The summed E-state index contributed by atoms with van der Waals surface area (Å²) in [6.45, 7) is 0.660. The number of anilines is 1. The standard InChI is InChI=1S/C22H22F3N3O3/c1-13(19(29)26-12-11-22(23,24)25)20(30)27-18-16-9-4-3-7-14(16)15-8-5-6-10-17(15)28(2)21(18)31/h3-10,13,18H,11-12H2,1-2H3,(H,26,29)(H,27,30). The summed E-state index contributed by atoms with van der Waals surface area (Å²) >= 11 is 0. The summed E-state index contributed by atoms with van der Waals surface area (Å²) < 4.78 is 36.8. The molecule has 3 amide bonds. The monoisotopic (exact) mass is 433 g/mol. The molecule has 2 N–H and O–H groups in total. The van der Waals surface area contributed by atoms with Gasteiger partial charge in [0.25, 0.3) is 5.91 Å². The van der Waals surface area contributed by atoms with E-state index in [9.17, 15) is 27.6 Å². The van der Waals surface area contributed by atoms with Crippen molar-refractivity contribution in [3.63, 3.8) is 0 Å². The number of carbonyl (C=O) groups excluding carboxylic acids is 3. The lowest BCUT2D eigenvalue weighted by atomic mass is 9.95. The average molecular weight is 433 g/mol. The van der Waals surface area contributed by atoms with Crippen LogP contribution < -0.4 is 15.5 Å². The summed E-state index contributed by atoms with van der Waals surface area (Å²) in [5.74, 6) is -3.26. The van der Waals surface area contributed by atoms with Gasteiger partial charge in [0, 0.05) is 19.2 Å². The van der Waals surface area contributed by atoms with Crippen molar-refractivity contribution in [1.29, 1.82) is 0 Å². The van der Waals surface area contributed by atoms with E-state index in [0.717, 1.165) is 11.1 Å². The second-order valence-corrected chi connectivity index (χ2v) is 7.32. The average Bonchev–Trinajstić information content (AvgIpc) is 2.82. The predicted octanol–water partition coefficient (Wildman–Crippen LogP) is 3.19. The number of alkyl halides is 3. The molecule has 0 aromatic heterocycles. The second kappa shape index (κ2) is 8.79. The number of likely N-dealkylation sites (N-methyl/N-ethyl adjacent to an activating group) is 1. The highest BCUT2D eigenvalue weighted by molar-refractivity contribution is 6.07. The molecule has 0 radical (unpaired) electrons. The molecule has 31 heavy (non-hydrogen) atoms. The molecule has 2 atom stereocenters. The van der Waals surface area contributed by atoms with Crippen molar-refractivity contribution in [1.82, 2.24) is 10.6 Å². The van der Waals surface area contributed by atoms with Gasteiger partial charge in [-0.05, 0) is 24.1 Å². The van der Waals surface area contributed by atoms with Crippen LogP contribution in [0.25, 0.3) is 11.1 Å². The maximum absolute atomic E-state index is 13.2. The van der Waals surface area contributed by atoms with Gasteiger partial charge in [0.15, 0.2) is 0 Å². The van der Waals surface area contributed by atoms with Crippen molar-refractivity contribution in [2.24, 2.45) is 5.92 Å². The normalized spacial score (nSPS) is 16.6. The Bertz CT molecular complexity index is 1010. The van der Waals surface area contributed by atoms with E-state index in [1.165, 1.54) is 11.8 Å². The minimum absolute atomic E-state index is 0.393. The molecule has 0 aliphatic carbocycles. The quantitative estimate of drug-likeness (QED) is 0.711. The lowest BCUT2D eigenvalue weighted by molar-refractivity contribution is -0.139. The van der Waals surface area contributed by atoms with Gasteiger partial charge >= 0.3 is 6.18 Å². The van der Waals surface area contributed by atoms with Gasteiger partial charge in [-0.2, -0.15) is 13.2 Å². The Morgan fingerprint density at radius 2 is 1.65 bits per heavy atom. The van der Waals surface area contributed by atoms with Gasteiger partial charge in [0.2, 0.25) is 11.8 Å². The second-order valence-electron chi connectivity index (χ2n) is 7.32. The first-order valence-corrected chi connectivity index (χ1v) is 9.71. The van der Waals surface area contributed by atoms with Crippen LogP contribution >= 0.6 is 0 Å². The number of hydrogen-bond donors (Lipinski definition) is 2. The summed E-state index contributed by atoms with van der Waals surface area (Å²) in [5, 5.41) is 4.71. The predicted molar refractivity (Wildman–Crippen MR) is 109 cm³/mol. The molecule has 6 nitrogen and oxygen atoms in total. The van der Waals surface area contributed by atoms with Crippen LogP contribution in [0.15, 0.2) is 48.5 Å². The number of carbonyl (C=O) groups is 3. The molecule has 164 valence electrons. The van der Waals surface area contributed by atoms with Crippen LogP contribution in [0.3, 0.4) is 0 Å². The maximum Gasteiger partial charge on any atom is 0.390 e. The summed E-state index contributed by atoms with van der Waals surface area (Å²) in [4.78, 5) is 39.4. The highest BCUT2D eigenvalue weighted by Gasteiger charge is 2.35. The Hall–Kier alpha value is -3.36. The van der Waals surface area contributed by atoms with Crippen LogP contribution in [0.4, 0.5) is 18.9 Å². The lowest BCUT2D eigenvalue weighted by Gasteiger charge is -2.24. The molecular formula is C22H22F3N3O3. The number of halogens is 3. The number of hydrogen-bond acceptors (Lipinski definition) is 3. The number of nitrogens with one attached hydrogen (secondary N) is 2. The zero-order chi connectivity index (χ0) is 22.8. The van der Waals surface area contributed by atoms with Crippen molar-refractivity contribution < 1.29 is 27.6 Å². The van der Waals surface area contributed by atoms with E-state index < -0.39 is 48.8 Å². The van der Waals surface area contributed by atoms with Gasteiger partial charge in [0.05, 0.1) is 12.1 Å². The summed E-state index contributed by atoms with van der Waals surface area (Å²) in [7, 11) is 1.60. The van der Waals surface area contributed by atoms with Crippen molar-refractivity contribution in [2.75, 3.05) is 18.5 Å². The van der Waals surface area contributed by atoms with Crippen LogP contribution in [0.2, 0.25) is 0 Å². The van der Waals surface area contributed by atoms with Gasteiger partial charge < -0.3 is 15.5 Å².